The fourth-order valence-corrected chi connectivity index (χ4v) is 7.14. The molecule has 33 heavy (non-hydrogen) atoms. The lowest BCUT2D eigenvalue weighted by Gasteiger charge is -2.50. The van der Waals surface area contributed by atoms with Crippen molar-refractivity contribution in [2.45, 2.75) is 70.6 Å². The predicted molar refractivity (Wildman–Crippen MR) is 111 cm³/mol. The van der Waals surface area contributed by atoms with Gasteiger partial charge in [-0.1, -0.05) is 6.92 Å². The second kappa shape index (κ2) is 8.13. The van der Waals surface area contributed by atoms with Gasteiger partial charge in [0.25, 0.3) is 0 Å². The van der Waals surface area contributed by atoms with Crippen LogP contribution in [0.15, 0.2) is 12.1 Å². The lowest BCUT2D eigenvalue weighted by Crippen LogP contribution is -2.44. The van der Waals surface area contributed by atoms with E-state index in [-0.39, 0.29) is 33.6 Å². The fourth-order valence-electron chi connectivity index (χ4n) is 6.44. The van der Waals surface area contributed by atoms with Gasteiger partial charge in [-0.15, -0.1) is 0 Å². The summed E-state index contributed by atoms with van der Waals surface area (Å²) in [5.74, 6) is -1.05. The first-order chi connectivity index (χ1) is 15.2. The number of carbonyl (C=O) groups is 1. The number of rotatable bonds is 4. The highest BCUT2D eigenvalue weighted by Crippen LogP contribution is 2.61. The van der Waals surface area contributed by atoms with Crippen LogP contribution in [0.5, 0.6) is 5.75 Å². The van der Waals surface area contributed by atoms with E-state index in [1.54, 1.807) is 0 Å². The number of aliphatic hydroxyl groups is 1. The molecule has 1 aromatic carbocycles. The van der Waals surface area contributed by atoms with E-state index in [1.165, 1.54) is 12.1 Å². The first kappa shape index (κ1) is 24.3. The average molecular weight is 491 g/mol. The van der Waals surface area contributed by atoms with Crippen molar-refractivity contribution in [1.29, 1.82) is 0 Å². The predicted octanol–water partition coefficient (Wildman–Crippen LogP) is 3.66. The summed E-state index contributed by atoms with van der Waals surface area (Å²) in [4.78, 5) is 12.0. The number of nitrogens with zero attached hydrogens (tertiary/aromatic N) is 1. The summed E-state index contributed by atoms with van der Waals surface area (Å²) in [6.07, 6.45) is -0.650. The molecule has 5 atom stereocenters. The number of carbonyl (C=O) groups excluding carboxylic acids is 1. The number of hydrogen-bond donors (Lipinski definition) is 1. The molecule has 2 saturated carbocycles. The van der Waals surface area contributed by atoms with Gasteiger partial charge in [0.1, 0.15) is 11.4 Å². The zero-order valence-corrected chi connectivity index (χ0v) is 19.2. The molecule has 0 radical (unpaired) electrons. The number of alkyl halides is 3. The molecule has 184 valence electrons. The molecule has 3 aliphatic rings. The number of aryl methyl sites for hydroxylation is 1. The van der Waals surface area contributed by atoms with Gasteiger partial charge in [-0.3, -0.25) is 4.79 Å². The zero-order valence-electron chi connectivity index (χ0n) is 18.4. The van der Waals surface area contributed by atoms with Crippen LogP contribution in [-0.2, 0) is 21.5 Å². The Morgan fingerprint density at radius 2 is 1.97 bits per heavy atom. The molecule has 7 nitrogen and oxygen atoms in total. The number of hydrogen-bond acceptors (Lipinski definition) is 6. The lowest BCUT2D eigenvalue weighted by atomic mass is 9.55. The van der Waals surface area contributed by atoms with Crippen LogP contribution in [0.1, 0.15) is 63.0 Å². The normalized spacial score (nSPS) is 31.4. The molecule has 0 aliphatic heterocycles. The van der Waals surface area contributed by atoms with Crippen molar-refractivity contribution >= 4 is 21.9 Å². The van der Waals surface area contributed by atoms with E-state index in [4.69, 9.17) is 4.74 Å². The van der Waals surface area contributed by atoms with Crippen molar-refractivity contribution < 1.29 is 40.8 Å². The van der Waals surface area contributed by atoms with Gasteiger partial charge in [0.05, 0.1) is 6.10 Å². The minimum Gasteiger partial charge on any atom is -0.730 e. The molecular weight excluding hydrogens is 463 g/mol. The molecule has 0 heterocycles. The molecule has 11 heteroatoms. The summed E-state index contributed by atoms with van der Waals surface area (Å²) in [6, 6.07) is 2.69. The monoisotopic (exact) mass is 490 g/mol. The highest BCUT2D eigenvalue weighted by Gasteiger charge is 2.54. The summed E-state index contributed by atoms with van der Waals surface area (Å²) in [6.45, 7) is 1.27. The second-order valence-electron chi connectivity index (χ2n) is 9.72. The number of aliphatic hydroxyl groups excluding tert-OH is 1. The Kier molecular flexibility index (Phi) is 5.98. The molecule has 0 spiro atoms. The summed E-state index contributed by atoms with van der Waals surface area (Å²) >= 11 is 0. The Morgan fingerprint density at radius 3 is 2.58 bits per heavy atom. The van der Waals surface area contributed by atoms with Crippen LogP contribution < -0.4 is 9.04 Å². The van der Waals surface area contributed by atoms with Crippen molar-refractivity contribution in [3.63, 3.8) is 0 Å². The summed E-state index contributed by atoms with van der Waals surface area (Å²) in [5, 5.41) is 10.5. The SMILES string of the molecule is CC(=O)N(c1cc2c(cc1OCC(F)(F)F)[C@H]1CC[C@]3(C)C(O)CC[C@H]3[C@@H]1CC2)S(=O)(=O)[O-]. The summed E-state index contributed by atoms with van der Waals surface area (Å²) in [5.41, 5.74) is 0.789. The molecule has 0 bridgehead atoms. The minimum absolute atomic E-state index is 0.0223. The van der Waals surface area contributed by atoms with Crippen molar-refractivity contribution in [1.82, 2.24) is 0 Å². The Morgan fingerprint density at radius 1 is 1.27 bits per heavy atom. The first-order valence-corrected chi connectivity index (χ1v) is 12.4. The van der Waals surface area contributed by atoms with Crippen LogP contribution in [0.2, 0.25) is 0 Å². The van der Waals surface area contributed by atoms with Crippen molar-refractivity contribution in [2.24, 2.45) is 17.3 Å². The molecule has 1 unspecified atom stereocenters. The first-order valence-electron chi connectivity index (χ1n) is 11.0. The Labute approximate surface area is 190 Å². The van der Waals surface area contributed by atoms with E-state index in [0.717, 1.165) is 44.6 Å². The Balaban J connectivity index is 1.78. The summed E-state index contributed by atoms with van der Waals surface area (Å²) in [7, 11) is -5.32. The van der Waals surface area contributed by atoms with Crippen molar-refractivity contribution in [3.05, 3.63) is 23.3 Å². The quantitative estimate of drug-likeness (QED) is 0.646. The van der Waals surface area contributed by atoms with Gasteiger partial charge < -0.3 is 14.4 Å². The van der Waals surface area contributed by atoms with Crippen LogP contribution in [0, 0.1) is 17.3 Å². The van der Waals surface area contributed by atoms with Crippen LogP contribution in [-0.4, -0.2) is 42.9 Å². The Hall–Kier alpha value is -1.85. The molecule has 1 amide bonds. The molecule has 0 aromatic heterocycles. The highest BCUT2D eigenvalue weighted by atomic mass is 32.2. The van der Waals surface area contributed by atoms with E-state index in [0.29, 0.717) is 12.0 Å². The van der Waals surface area contributed by atoms with Gasteiger partial charge in [-0.2, -0.15) is 13.2 Å². The van der Waals surface area contributed by atoms with E-state index >= 15 is 0 Å². The molecular formula is C22H27F3NO6S-. The molecule has 1 N–H and O–H groups in total. The maximum Gasteiger partial charge on any atom is 0.422 e. The number of amides is 1. The average Bonchev–Trinajstić information content (AvgIpc) is 2.99. The third-order valence-corrected chi connectivity index (χ3v) is 8.78. The number of ether oxygens (including phenoxy) is 1. The largest absolute Gasteiger partial charge is 0.730 e. The highest BCUT2D eigenvalue weighted by molar-refractivity contribution is 7.88. The molecule has 1 aromatic rings. The molecule has 3 aliphatic carbocycles. The third-order valence-electron chi connectivity index (χ3n) is 7.87. The molecule has 2 fully saturated rings. The fraction of sp³-hybridized carbons (Fsp3) is 0.682. The van der Waals surface area contributed by atoms with Gasteiger partial charge in [-0.05, 0) is 85.0 Å². The minimum atomic E-state index is -5.32. The van der Waals surface area contributed by atoms with E-state index in [2.05, 4.69) is 6.92 Å². The van der Waals surface area contributed by atoms with E-state index in [9.17, 15) is 36.0 Å². The maximum atomic E-state index is 12.9. The van der Waals surface area contributed by atoms with Crippen LogP contribution >= 0.6 is 0 Å². The Bertz CT molecular complexity index is 1060. The summed E-state index contributed by atoms with van der Waals surface area (Å²) < 4.78 is 78.8. The smallest absolute Gasteiger partial charge is 0.422 e. The number of benzene rings is 1. The van der Waals surface area contributed by atoms with Gasteiger partial charge >= 0.3 is 6.18 Å². The van der Waals surface area contributed by atoms with Gasteiger partial charge in [-0.25, -0.2) is 12.7 Å². The van der Waals surface area contributed by atoms with Crippen molar-refractivity contribution in [2.75, 3.05) is 10.9 Å². The van der Waals surface area contributed by atoms with E-state index in [1.807, 2.05) is 0 Å². The lowest BCUT2D eigenvalue weighted by molar-refractivity contribution is -0.153. The standard InChI is InChI=1S/C22H28F3NO6S/c1-12(27)26(33(29,30)31)18-9-13-3-4-15-14(7-8-21(2)17(15)5-6-20(21)28)16(13)10-19(18)32-11-22(23,24)25/h9-10,14-15,17,20,28H,3-8,11H2,1-2H3,(H,29,30,31)/p-1/t14-,15+,17-,20?,21-/m0/s1. The zero-order chi connectivity index (χ0) is 24.3. The molecule has 0 saturated heterocycles. The van der Waals surface area contributed by atoms with Gasteiger partial charge in [0, 0.05) is 6.92 Å². The number of fused-ring (bicyclic) bond motifs is 5. The third kappa shape index (κ3) is 4.35. The maximum absolute atomic E-state index is 12.9. The van der Waals surface area contributed by atoms with Gasteiger partial charge in [0.15, 0.2) is 16.9 Å². The number of anilines is 1. The van der Waals surface area contributed by atoms with Crippen LogP contribution in [0.4, 0.5) is 18.9 Å². The van der Waals surface area contributed by atoms with E-state index < -0.39 is 40.4 Å². The van der Waals surface area contributed by atoms with Gasteiger partial charge in [0.2, 0.25) is 5.91 Å². The number of halogens is 3. The molecule has 4 rings (SSSR count). The van der Waals surface area contributed by atoms with Crippen molar-refractivity contribution in [3.8, 4) is 5.75 Å². The van der Waals surface area contributed by atoms with Crippen LogP contribution in [0.3, 0.4) is 0 Å². The topological polar surface area (TPSA) is 107 Å². The second-order valence-corrected chi connectivity index (χ2v) is 10.9. The van der Waals surface area contributed by atoms with Crippen LogP contribution in [0.25, 0.3) is 0 Å².